The monoisotopic (exact) mass is 274 g/mol. The van der Waals surface area contributed by atoms with E-state index in [4.69, 9.17) is 5.11 Å². The van der Waals surface area contributed by atoms with Crippen LogP contribution in [0.25, 0.3) is 0 Å². The van der Waals surface area contributed by atoms with E-state index in [0.717, 1.165) is 5.56 Å². The summed E-state index contributed by atoms with van der Waals surface area (Å²) in [7, 11) is 0. The Morgan fingerprint density at radius 3 is 2.35 bits per heavy atom. The minimum absolute atomic E-state index is 0.0289. The zero-order valence-corrected chi connectivity index (χ0v) is 10.6. The lowest BCUT2D eigenvalue weighted by molar-refractivity contribution is 0.142. The van der Waals surface area contributed by atoms with Gasteiger partial charge in [-0.05, 0) is 42.2 Å². The van der Waals surface area contributed by atoms with E-state index in [2.05, 4.69) is 4.74 Å². The standard InChI is InChI=1S/C15H14O5/c16-12-8-5-10(6-9-12)4-7-11-2-1-3-13(17)14(11)20-15(18)19/h1-3,5-6,8-9,16-17H,4,7H2,(H,18,19). The van der Waals surface area contributed by atoms with Gasteiger partial charge in [0.15, 0.2) is 11.5 Å². The molecule has 0 fully saturated rings. The van der Waals surface area contributed by atoms with Crippen LogP contribution in [0.5, 0.6) is 17.2 Å². The molecule has 0 spiro atoms. The van der Waals surface area contributed by atoms with Crippen molar-refractivity contribution in [3.63, 3.8) is 0 Å². The highest BCUT2D eigenvalue weighted by molar-refractivity contribution is 5.64. The van der Waals surface area contributed by atoms with Gasteiger partial charge in [0.05, 0.1) is 0 Å². The smallest absolute Gasteiger partial charge is 0.508 e. The maximum atomic E-state index is 10.6. The highest BCUT2D eigenvalue weighted by atomic mass is 16.7. The first kappa shape index (κ1) is 13.7. The number of phenols is 2. The molecule has 5 heteroatoms. The van der Waals surface area contributed by atoms with E-state index >= 15 is 0 Å². The van der Waals surface area contributed by atoms with E-state index in [9.17, 15) is 15.0 Å². The zero-order valence-electron chi connectivity index (χ0n) is 10.6. The van der Waals surface area contributed by atoms with Crippen molar-refractivity contribution in [2.75, 3.05) is 0 Å². The van der Waals surface area contributed by atoms with Gasteiger partial charge in [-0.3, -0.25) is 0 Å². The van der Waals surface area contributed by atoms with Crippen LogP contribution in [0.4, 0.5) is 4.79 Å². The van der Waals surface area contributed by atoms with Crippen molar-refractivity contribution in [2.45, 2.75) is 12.8 Å². The molecule has 104 valence electrons. The Bertz CT molecular complexity index is 604. The molecule has 0 aliphatic rings. The molecule has 20 heavy (non-hydrogen) atoms. The number of carbonyl (C=O) groups is 1. The highest BCUT2D eigenvalue weighted by Gasteiger charge is 2.12. The molecule has 2 aromatic rings. The van der Waals surface area contributed by atoms with Crippen LogP contribution < -0.4 is 4.74 Å². The van der Waals surface area contributed by atoms with Crippen LogP contribution in [-0.2, 0) is 12.8 Å². The predicted octanol–water partition coefficient (Wildman–Crippen LogP) is 2.94. The molecule has 0 heterocycles. The van der Waals surface area contributed by atoms with Gasteiger partial charge in [-0.2, -0.15) is 0 Å². The van der Waals surface area contributed by atoms with Crippen molar-refractivity contribution in [2.24, 2.45) is 0 Å². The normalized spacial score (nSPS) is 10.2. The molecule has 0 atom stereocenters. The molecule has 0 saturated heterocycles. The van der Waals surface area contributed by atoms with Crippen LogP contribution in [0.2, 0.25) is 0 Å². The Morgan fingerprint density at radius 2 is 1.70 bits per heavy atom. The molecule has 2 aromatic carbocycles. The van der Waals surface area contributed by atoms with Gasteiger partial charge in [-0.25, -0.2) is 4.79 Å². The largest absolute Gasteiger partial charge is 0.511 e. The second-order valence-electron chi connectivity index (χ2n) is 4.30. The number of hydrogen-bond acceptors (Lipinski definition) is 4. The van der Waals surface area contributed by atoms with Crippen LogP contribution in [0.1, 0.15) is 11.1 Å². The quantitative estimate of drug-likeness (QED) is 0.589. The lowest BCUT2D eigenvalue weighted by Crippen LogP contribution is -2.06. The average Bonchev–Trinajstić information content (AvgIpc) is 2.41. The Labute approximate surface area is 115 Å². The second-order valence-corrected chi connectivity index (χ2v) is 4.30. The summed E-state index contributed by atoms with van der Waals surface area (Å²) in [4.78, 5) is 10.6. The number of benzene rings is 2. The van der Waals surface area contributed by atoms with Crippen LogP contribution in [0.3, 0.4) is 0 Å². The molecular formula is C15H14O5. The van der Waals surface area contributed by atoms with Gasteiger partial charge < -0.3 is 20.1 Å². The zero-order chi connectivity index (χ0) is 14.5. The molecule has 0 amide bonds. The summed E-state index contributed by atoms with van der Waals surface area (Å²) in [5, 5.41) is 27.5. The summed E-state index contributed by atoms with van der Waals surface area (Å²) in [5.74, 6) is -0.0320. The highest BCUT2D eigenvalue weighted by Crippen LogP contribution is 2.31. The Hall–Kier alpha value is -2.69. The van der Waals surface area contributed by atoms with Gasteiger partial charge in [0.2, 0.25) is 0 Å². The maximum absolute atomic E-state index is 10.6. The van der Waals surface area contributed by atoms with Crippen molar-refractivity contribution in [3.8, 4) is 17.2 Å². The predicted molar refractivity (Wildman–Crippen MR) is 72.3 cm³/mol. The van der Waals surface area contributed by atoms with Gasteiger partial charge >= 0.3 is 6.16 Å². The maximum Gasteiger partial charge on any atom is 0.511 e. The number of aryl methyl sites for hydroxylation is 2. The van der Waals surface area contributed by atoms with Gasteiger partial charge in [0.1, 0.15) is 5.75 Å². The molecule has 0 radical (unpaired) electrons. The molecule has 0 saturated carbocycles. The average molecular weight is 274 g/mol. The van der Waals surface area contributed by atoms with E-state index in [1.54, 1.807) is 36.4 Å². The summed E-state index contributed by atoms with van der Waals surface area (Å²) < 4.78 is 4.61. The number of phenolic OH excluding ortho intramolecular Hbond substituents is 2. The molecule has 0 aliphatic carbocycles. The summed E-state index contributed by atoms with van der Waals surface area (Å²) in [6, 6.07) is 11.5. The minimum Gasteiger partial charge on any atom is -0.508 e. The van der Waals surface area contributed by atoms with Crippen molar-refractivity contribution in [1.29, 1.82) is 0 Å². The van der Waals surface area contributed by atoms with E-state index < -0.39 is 6.16 Å². The van der Waals surface area contributed by atoms with Crippen molar-refractivity contribution < 1.29 is 24.9 Å². The second kappa shape index (κ2) is 5.97. The molecule has 5 nitrogen and oxygen atoms in total. The Morgan fingerprint density at radius 1 is 1.00 bits per heavy atom. The number of carboxylic acid groups (broad SMARTS) is 1. The number of hydrogen-bond donors (Lipinski definition) is 3. The van der Waals surface area contributed by atoms with Gasteiger partial charge in [0, 0.05) is 0 Å². The van der Waals surface area contributed by atoms with Crippen molar-refractivity contribution >= 4 is 6.16 Å². The summed E-state index contributed by atoms with van der Waals surface area (Å²) in [5.41, 5.74) is 1.60. The number of rotatable bonds is 4. The van der Waals surface area contributed by atoms with E-state index in [1.165, 1.54) is 6.07 Å². The summed E-state index contributed by atoms with van der Waals surface area (Å²) in [6.07, 6.45) is -0.306. The molecule has 0 unspecified atom stereocenters. The third-order valence-corrected chi connectivity index (χ3v) is 2.88. The van der Waals surface area contributed by atoms with Gasteiger partial charge in [-0.1, -0.05) is 24.3 Å². The molecule has 0 bridgehead atoms. The lowest BCUT2D eigenvalue weighted by atomic mass is 10.0. The third-order valence-electron chi connectivity index (χ3n) is 2.88. The minimum atomic E-state index is -1.46. The fourth-order valence-corrected chi connectivity index (χ4v) is 1.91. The summed E-state index contributed by atoms with van der Waals surface area (Å²) >= 11 is 0. The van der Waals surface area contributed by atoms with E-state index in [1.807, 2.05) is 0 Å². The first-order valence-corrected chi connectivity index (χ1v) is 6.06. The first-order valence-electron chi connectivity index (χ1n) is 6.06. The van der Waals surface area contributed by atoms with Crippen LogP contribution >= 0.6 is 0 Å². The Balaban J connectivity index is 2.14. The number of para-hydroxylation sites is 1. The first-order chi connectivity index (χ1) is 9.56. The fourth-order valence-electron chi connectivity index (χ4n) is 1.91. The van der Waals surface area contributed by atoms with Gasteiger partial charge in [-0.15, -0.1) is 0 Å². The molecular weight excluding hydrogens is 260 g/mol. The number of ether oxygens (including phenoxy) is 1. The molecule has 3 N–H and O–H groups in total. The van der Waals surface area contributed by atoms with Crippen LogP contribution in [0, 0.1) is 0 Å². The van der Waals surface area contributed by atoms with Gasteiger partial charge in [0.25, 0.3) is 0 Å². The number of aromatic hydroxyl groups is 2. The van der Waals surface area contributed by atoms with Crippen molar-refractivity contribution in [1.82, 2.24) is 0 Å². The lowest BCUT2D eigenvalue weighted by Gasteiger charge is -2.09. The Kier molecular flexibility index (Phi) is 4.10. The van der Waals surface area contributed by atoms with E-state index in [0.29, 0.717) is 18.4 Å². The molecule has 2 rings (SSSR count). The third kappa shape index (κ3) is 3.41. The van der Waals surface area contributed by atoms with Crippen LogP contribution in [-0.4, -0.2) is 21.5 Å². The molecule has 0 aliphatic heterocycles. The topological polar surface area (TPSA) is 87.0 Å². The van der Waals surface area contributed by atoms with Crippen molar-refractivity contribution in [3.05, 3.63) is 53.6 Å². The SMILES string of the molecule is O=C(O)Oc1c(O)cccc1CCc1ccc(O)cc1. The van der Waals surface area contributed by atoms with Crippen LogP contribution in [0.15, 0.2) is 42.5 Å². The summed E-state index contributed by atoms with van der Waals surface area (Å²) in [6.45, 7) is 0. The molecule has 0 aromatic heterocycles. The fraction of sp³-hybridized carbons (Fsp3) is 0.133. The van der Waals surface area contributed by atoms with E-state index in [-0.39, 0.29) is 17.2 Å².